The second kappa shape index (κ2) is 23.1. The van der Waals surface area contributed by atoms with Crippen LogP contribution in [0.15, 0.2) is 68.2 Å². The molecule has 3 N–H and O–H groups in total. The van der Waals surface area contributed by atoms with Crippen molar-refractivity contribution in [3.63, 3.8) is 0 Å². The molecule has 4 aromatic rings. The summed E-state index contributed by atoms with van der Waals surface area (Å²) in [4.78, 5) is 17.4. The van der Waals surface area contributed by atoms with Crippen LogP contribution in [0.4, 0.5) is 11.4 Å². The fraction of sp³-hybridized carbons (Fsp3) is 0.500. The van der Waals surface area contributed by atoms with Crippen LogP contribution < -0.4 is 45.0 Å². The molecule has 15 heteroatoms. The van der Waals surface area contributed by atoms with E-state index in [9.17, 15) is 35.8 Å². The Morgan fingerprint density at radius 3 is 1.73 bits per heavy atom. The van der Waals surface area contributed by atoms with E-state index in [4.69, 9.17) is 8.83 Å². The molecule has 318 valence electrons. The van der Waals surface area contributed by atoms with Crippen molar-refractivity contribution < 1.29 is 69.4 Å². The number of unbranched alkanes of at least 4 members (excludes halogenated alkanes) is 6. The first-order valence-electron chi connectivity index (χ1n) is 20.4. The summed E-state index contributed by atoms with van der Waals surface area (Å²) in [5, 5.41) is 12.5. The number of nitrogens with zero attached hydrogens (tertiary/aromatic N) is 2. The van der Waals surface area contributed by atoms with Crippen molar-refractivity contribution in [1.29, 1.82) is 0 Å². The number of benzene rings is 2. The van der Waals surface area contributed by atoms with Crippen molar-refractivity contribution in [2.45, 2.75) is 104 Å². The minimum Gasteiger partial charge on any atom is -0.506 e. The molecule has 0 unspecified atom stereocenters. The van der Waals surface area contributed by atoms with Crippen molar-refractivity contribution >= 4 is 65.7 Å². The zero-order valence-corrected chi connectivity index (χ0v) is 39.2. The van der Waals surface area contributed by atoms with Crippen LogP contribution in [-0.2, 0) is 25.7 Å². The van der Waals surface area contributed by atoms with Gasteiger partial charge in [-0.25, -0.2) is 9.21 Å². The minimum absolute atomic E-state index is 0. The molecule has 0 aliphatic carbocycles. The molecule has 2 heterocycles. The van der Waals surface area contributed by atoms with Crippen molar-refractivity contribution in [2.75, 3.05) is 47.5 Å². The summed E-state index contributed by atoms with van der Waals surface area (Å²) in [6.07, 6.45) is 16.2. The summed E-state index contributed by atoms with van der Waals surface area (Å²) in [6, 6.07) is 13.0. The average Bonchev–Trinajstić information content (AvgIpc) is 3.14. The third kappa shape index (κ3) is 15.9. The quantitative estimate of drug-likeness (QED) is 0.0176. The second-order valence-corrected chi connectivity index (χ2v) is 19.1. The summed E-state index contributed by atoms with van der Waals surface area (Å²) in [5.41, 5.74) is 2.29. The van der Waals surface area contributed by atoms with Gasteiger partial charge in [-0.1, -0.05) is 70.6 Å². The van der Waals surface area contributed by atoms with E-state index in [0.717, 1.165) is 55.4 Å². The predicted molar refractivity (Wildman–Crippen MR) is 236 cm³/mol. The van der Waals surface area contributed by atoms with Gasteiger partial charge in [0.1, 0.15) is 16.9 Å². The zero-order valence-electron chi connectivity index (χ0n) is 35.6. The van der Waals surface area contributed by atoms with Gasteiger partial charge in [0.15, 0.2) is 0 Å². The van der Waals surface area contributed by atoms with Gasteiger partial charge in [0.05, 0.1) is 33.8 Å². The number of rotatable bonds is 23. The van der Waals surface area contributed by atoms with Crippen LogP contribution in [0.5, 0.6) is 5.75 Å². The number of allylic oxidation sites excluding steroid dienone is 2. The van der Waals surface area contributed by atoms with Gasteiger partial charge in [-0.15, -0.1) is 0 Å². The molecular weight excluding hydrogens is 804 g/mol. The average molecular weight is 865 g/mol. The molecule has 59 heavy (non-hydrogen) atoms. The van der Waals surface area contributed by atoms with Gasteiger partial charge in [0, 0.05) is 55.2 Å². The monoisotopic (exact) mass is 864 g/mol. The largest absolute Gasteiger partial charge is 1.00 e. The van der Waals surface area contributed by atoms with Crippen LogP contribution in [0.25, 0.3) is 34.1 Å². The molecule has 0 bridgehead atoms. The molecule has 0 amide bonds. The molecular formula is C44H61N2NaO10S2+2. The van der Waals surface area contributed by atoms with Gasteiger partial charge < -0.3 is 19.3 Å². The number of fused-ring (bicyclic) bond motifs is 2. The molecule has 12 nitrogen and oxygen atoms in total. The fourth-order valence-electron chi connectivity index (χ4n) is 6.82. The van der Waals surface area contributed by atoms with Gasteiger partial charge >= 0.3 is 46.5 Å². The standard InChI is InChI=1S/C44H60N2O10S2.Na/c1-6-8-10-14-24-45(25-15-11-9-7-2)35-21-23-37-40(32-35)56-43(48)38(42(37)47)19-13-12-18-33-30-41(44(3,4)5)55-39-31-34(20-22-36(33)39)46(26-16-28-57(49,50)51)27-17-29-58(52,53)54;/h12-13,18-23,30-32H,6-11,14-17,24-29H2,1-5H3,(H2-,47,48,49,50,51,52,53,54);/q;+1/p+1. The third-order valence-electron chi connectivity index (χ3n) is 10.0. The number of aromatic hydroxyl groups is 1. The van der Waals surface area contributed by atoms with E-state index in [-0.39, 0.29) is 72.2 Å². The van der Waals surface area contributed by atoms with Crippen molar-refractivity contribution in [3.05, 3.63) is 81.9 Å². The van der Waals surface area contributed by atoms with Crippen molar-refractivity contribution in [1.82, 2.24) is 0 Å². The van der Waals surface area contributed by atoms with Crippen LogP contribution in [0.2, 0.25) is 0 Å². The van der Waals surface area contributed by atoms with E-state index in [2.05, 4.69) is 18.7 Å². The van der Waals surface area contributed by atoms with Crippen LogP contribution in [0.1, 0.15) is 116 Å². The Morgan fingerprint density at radius 1 is 0.695 bits per heavy atom. The van der Waals surface area contributed by atoms with Crippen LogP contribution in [-0.4, -0.2) is 68.7 Å². The van der Waals surface area contributed by atoms with E-state index in [1.54, 1.807) is 23.1 Å². The third-order valence-corrected chi connectivity index (χ3v) is 11.6. The summed E-state index contributed by atoms with van der Waals surface area (Å²) >= 11 is 0. The Kier molecular flexibility index (Phi) is 19.6. The summed E-state index contributed by atoms with van der Waals surface area (Å²) in [5.74, 6) is -0.400. The van der Waals surface area contributed by atoms with E-state index in [1.807, 2.05) is 63.2 Å². The van der Waals surface area contributed by atoms with Crippen molar-refractivity contribution in [2.24, 2.45) is 0 Å². The maximum Gasteiger partial charge on any atom is 1.00 e. The van der Waals surface area contributed by atoms with E-state index < -0.39 is 37.4 Å². The van der Waals surface area contributed by atoms with Crippen molar-refractivity contribution in [3.8, 4) is 5.75 Å². The molecule has 0 saturated heterocycles. The van der Waals surface area contributed by atoms with Gasteiger partial charge in [-0.05, 0) is 76.8 Å². The van der Waals surface area contributed by atoms with Crippen LogP contribution in [0.3, 0.4) is 0 Å². The molecule has 2 aromatic heterocycles. The number of hydrogen-bond acceptors (Lipinski definition) is 9. The molecule has 4 rings (SSSR count). The molecule has 0 atom stereocenters. The van der Waals surface area contributed by atoms with E-state index in [1.165, 1.54) is 31.8 Å². The maximum absolute atomic E-state index is 13.2. The molecule has 2 aromatic carbocycles. The van der Waals surface area contributed by atoms with Gasteiger partial charge in [0.25, 0.3) is 20.2 Å². The van der Waals surface area contributed by atoms with Gasteiger partial charge in [0.2, 0.25) is 0 Å². The molecule has 0 aliphatic heterocycles. The van der Waals surface area contributed by atoms with Crippen LogP contribution >= 0.6 is 0 Å². The maximum atomic E-state index is 13.2. The Labute approximate surface area is 372 Å². The Balaban J connectivity index is 0.00000930. The molecule has 0 spiro atoms. The van der Waals surface area contributed by atoms with E-state index >= 15 is 0 Å². The first-order valence-corrected chi connectivity index (χ1v) is 23.6. The van der Waals surface area contributed by atoms with E-state index in [0.29, 0.717) is 28.0 Å². The second-order valence-electron chi connectivity index (χ2n) is 15.9. The zero-order chi connectivity index (χ0) is 42.5. The molecule has 0 saturated carbocycles. The minimum atomic E-state index is -4.20. The molecule has 0 aliphatic rings. The SMILES string of the molecule is CCCCCCN(CCCCCC)c1ccc2c(O)c(C=CC=Cc3cc(C(C)(C)C)[o+]c4cc(N(CCCS(=O)(=O)O)CCCS(=O)(=O)O)ccc34)c(=O)oc2c1.[Na+]. The van der Waals surface area contributed by atoms with Crippen LogP contribution in [0, 0.1) is 0 Å². The normalized spacial score (nSPS) is 12.5. The Morgan fingerprint density at radius 2 is 1.20 bits per heavy atom. The van der Waals surface area contributed by atoms with Gasteiger partial charge in [-0.2, -0.15) is 16.8 Å². The fourth-order valence-corrected chi connectivity index (χ4v) is 7.81. The topological polar surface area (TPSA) is 177 Å². The predicted octanol–water partition coefficient (Wildman–Crippen LogP) is 6.88. The number of anilines is 2. The Hall–Kier alpha value is -3.24. The summed E-state index contributed by atoms with van der Waals surface area (Å²) in [6.45, 7) is 12.7. The first kappa shape index (κ1) is 50.1. The summed E-state index contributed by atoms with van der Waals surface area (Å²) in [7, 11) is -8.39. The van der Waals surface area contributed by atoms with Gasteiger partial charge in [-0.3, -0.25) is 9.11 Å². The smallest absolute Gasteiger partial charge is 0.506 e. The molecule has 0 fully saturated rings. The Bertz CT molecular complexity index is 2290. The number of hydrogen-bond donors (Lipinski definition) is 3. The summed E-state index contributed by atoms with van der Waals surface area (Å²) < 4.78 is 76.2. The first-order chi connectivity index (χ1) is 27.4. The molecule has 0 radical (unpaired) electrons.